The largest absolute Gasteiger partial charge is 0.444 e. The van der Waals surface area contributed by atoms with Crippen molar-refractivity contribution < 1.29 is 9.53 Å². The molecule has 21 heavy (non-hydrogen) atoms. The molecule has 1 fully saturated rings. The lowest BCUT2D eigenvalue weighted by Gasteiger charge is -2.39. The molecule has 0 radical (unpaired) electrons. The number of hydrogen-bond acceptors (Lipinski definition) is 4. The van der Waals surface area contributed by atoms with Gasteiger partial charge in [0.2, 0.25) is 0 Å². The Morgan fingerprint density at radius 2 is 1.76 bits per heavy atom. The molecule has 120 valence electrons. The predicted octanol–water partition coefficient (Wildman–Crippen LogP) is 3.01. The first-order valence-corrected chi connectivity index (χ1v) is 7.69. The maximum Gasteiger partial charge on any atom is 0.410 e. The van der Waals surface area contributed by atoms with E-state index in [1.165, 1.54) is 0 Å². The highest BCUT2D eigenvalue weighted by molar-refractivity contribution is 5.69. The molecule has 5 heteroatoms. The van der Waals surface area contributed by atoms with E-state index in [9.17, 15) is 10.1 Å². The number of nitriles is 1. The van der Waals surface area contributed by atoms with E-state index in [4.69, 9.17) is 4.74 Å². The molecule has 1 aliphatic heterocycles. The number of likely N-dealkylation sites (tertiary alicyclic amines) is 1. The van der Waals surface area contributed by atoms with Gasteiger partial charge in [0.15, 0.2) is 0 Å². The van der Waals surface area contributed by atoms with Crippen LogP contribution in [-0.2, 0) is 4.74 Å². The molecule has 1 saturated heterocycles. The standard InChI is InChI=1S/C16H29N3O2/c1-15(2,3)19(14(20)21-16(4,5)6)12-13(11-17)18-9-7-8-10-18/h13H,7-10,12H2,1-6H3. The first-order chi connectivity index (χ1) is 9.54. The van der Waals surface area contributed by atoms with Crippen LogP contribution in [0, 0.1) is 11.3 Å². The van der Waals surface area contributed by atoms with Crippen LogP contribution in [0.25, 0.3) is 0 Å². The fourth-order valence-corrected chi connectivity index (χ4v) is 2.40. The average Bonchev–Trinajstić information content (AvgIpc) is 2.79. The fraction of sp³-hybridized carbons (Fsp3) is 0.875. The summed E-state index contributed by atoms with van der Waals surface area (Å²) in [5, 5.41) is 9.44. The maximum atomic E-state index is 12.4. The van der Waals surface area contributed by atoms with Crippen molar-refractivity contribution in [3.05, 3.63) is 0 Å². The third-order valence-corrected chi connectivity index (χ3v) is 3.51. The molecule has 1 heterocycles. The van der Waals surface area contributed by atoms with Gasteiger partial charge in [0, 0.05) is 5.54 Å². The molecule has 0 bridgehead atoms. The van der Waals surface area contributed by atoms with Crippen LogP contribution in [0.1, 0.15) is 54.4 Å². The molecule has 1 rings (SSSR count). The lowest BCUT2D eigenvalue weighted by Crippen LogP contribution is -2.53. The Kier molecular flexibility index (Phi) is 5.63. The Morgan fingerprint density at radius 3 is 2.14 bits per heavy atom. The molecule has 0 aromatic rings. The highest BCUT2D eigenvalue weighted by atomic mass is 16.6. The van der Waals surface area contributed by atoms with E-state index in [0.29, 0.717) is 6.54 Å². The van der Waals surface area contributed by atoms with Crippen LogP contribution in [0.4, 0.5) is 4.79 Å². The number of rotatable bonds is 3. The van der Waals surface area contributed by atoms with E-state index in [-0.39, 0.29) is 17.7 Å². The van der Waals surface area contributed by atoms with Gasteiger partial charge in [-0.25, -0.2) is 4.79 Å². The SMILES string of the molecule is CC(C)(C)OC(=O)N(CC(C#N)N1CCCC1)C(C)(C)C. The van der Waals surface area contributed by atoms with Gasteiger partial charge in [0.1, 0.15) is 11.6 Å². The zero-order valence-corrected chi connectivity index (χ0v) is 14.3. The van der Waals surface area contributed by atoms with Crippen LogP contribution in [0.3, 0.4) is 0 Å². The van der Waals surface area contributed by atoms with Crippen molar-refractivity contribution in [3.8, 4) is 6.07 Å². The number of amides is 1. The summed E-state index contributed by atoms with van der Waals surface area (Å²) >= 11 is 0. The molecule has 0 aromatic carbocycles. The monoisotopic (exact) mass is 295 g/mol. The van der Waals surface area contributed by atoms with Crippen molar-refractivity contribution in [3.63, 3.8) is 0 Å². The minimum Gasteiger partial charge on any atom is -0.444 e. The van der Waals surface area contributed by atoms with Crippen LogP contribution in [0.15, 0.2) is 0 Å². The van der Waals surface area contributed by atoms with Crippen molar-refractivity contribution in [1.29, 1.82) is 5.26 Å². The summed E-state index contributed by atoms with van der Waals surface area (Å²) in [5.41, 5.74) is -0.909. The fourth-order valence-electron chi connectivity index (χ4n) is 2.40. The second-order valence-corrected chi connectivity index (χ2v) is 7.65. The van der Waals surface area contributed by atoms with Crippen LogP contribution >= 0.6 is 0 Å². The van der Waals surface area contributed by atoms with Crippen molar-refractivity contribution >= 4 is 6.09 Å². The topological polar surface area (TPSA) is 56.6 Å². The summed E-state index contributed by atoms with van der Waals surface area (Å²) < 4.78 is 5.49. The molecule has 0 aromatic heterocycles. The molecule has 5 nitrogen and oxygen atoms in total. The smallest absolute Gasteiger partial charge is 0.410 e. The van der Waals surface area contributed by atoms with Crippen LogP contribution in [0.5, 0.6) is 0 Å². The maximum absolute atomic E-state index is 12.4. The zero-order valence-electron chi connectivity index (χ0n) is 14.3. The molecule has 1 amide bonds. The van der Waals surface area contributed by atoms with E-state index in [1.54, 1.807) is 4.90 Å². The molecule has 0 N–H and O–H groups in total. The van der Waals surface area contributed by atoms with Gasteiger partial charge in [-0.15, -0.1) is 0 Å². The van der Waals surface area contributed by atoms with Crippen molar-refractivity contribution in [2.24, 2.45) is 0 Å². The van der Waals surface area contributed by atoms with Gasteiger partial charge in [-0.05, 0) is 67.5 Å². The number of hydrogen-bond donors (Lipinski definition) is 0. The Hall–Kier alpha value is -1.28. The van der Waals surface area contributed by atoms with Gasteiger partial charge < -0.3 is 9.64 Å². The summed E-state index contributed by atoms with van der Waals surface area (Å²) in [6.45, 7) is 13.7. The van der Waals surface area contributed by atoms with Gasteiger partial charge in [-0.2, -0.15) is 5.26 Å². The molecule has 1 aliphatic rings. The molecule has 0 aliphatic carbocycles. The Morgan fingerprint density at radius 1 is 1.24 bits per heavy atom. The Labute approximate surface area is 128 Å². The van der Waals surface area contributed by atoms with Crippen LogP contribution in [0.2, 0.25) is 0 Å². The predicted molar refractivity (Wildman–Crippen MR) is 82.9 cm³/mol. The molecular formula is C16H29N3O2. The first-order valence-electron chi connectivity index (χ1n) is 7.69. The molecule has 0 saturated carbocycles. The minimum atomic E-state index is -0.531. The quantitative estimate of drug-likeness (QED) is 0.803. The van der Waals surface area contributed by atoms with Crippen molar-refractivity contribution in [1.82, 2.24) is 9.80 Å². The Balaban J connectivity index is 2.83. The summed E-state index contributed by atoms with van der Waals surface area (Å²) in [6, 6.07) is 2.08. The second kappa shape index (κ2) is 6.65. The Bertz CT molecular complexity index is 395. The van der Waals surface area contributed by atoms with Gasteiger partial charge in [0.25, 0.3) is 0 Å². The number of carbonyl (C=O) groups is 1. The molecule has 1 unspecified atom stereocenters. The van der Waals surface area contributed by atoms with E-state index >= 15 is 0 Å². The third-order valence-electron chi connectivity index (χ3n) is 3.51. The minimum absolute atomic E-state index is 0.265. The van der Waals surface area contributed by atoms with Gasteiger partial charge in [-0.1, -0.05) is 0 Å². The summed E-state index contributed by atoms with van der Waals surface area (Å²) in [4.78, 5) is 16.3. The van der Waals surface area contributed by atoms with E-state index in [0.717, 1.165) is 25.9 Å². The lowest BCUT2D eigenvalue weighted by atomic mass is 10.1. The molecule has 1 atom stereocenters. The number of carbonyl (C=O) groups excluding carboxylic acids is 1. The summed E-state index contributed by atoms with van der Waals surface area (Å²) in [6.07, 6.45) is 1.90. The average molecular weight is 295 g/mol. The summed E-state index contributed by atoms with van der Waals surface area (Å²) in [5.74, 6) is 0. The zero-order chi connectivity index (χ0) is 16.3. The van der Waals surface area contributed by atoms with Crippen molar-refractivity contribution in [2.45, 2.75) is 71.6 Å². The molecule has 0 spiro atoms. The summed E-state index contributed by atoms with van der Waals surface area (Å²) in [7, 11) is 0. The first kappa shape index (κ1) is 17.8. The van der Waals surface area contributed by atoms with Crippen LogP contribution in [-0.4, -0.2) is 52.7 Å². The highest BCUT2D eigenvalue weighted by Crippen LogP contribution is 2.21. The van der Waals surface area contributed by atoms with E-state index < -0.39 is 5.60 Å². The van der Waals surface area contributed by atoms with Crippen molar-refractivity contribution in [2.75, 3.05) is 19.6 Å². The van der Waals surface area contributed by atoms with Gasteiger partial charge >= 0.3 is 6.09 Å². The second-order valence-electron chi connectivity index (χ2n) is 7.65. The highest BCUT2D eigenvalue weighted by Gasteiger charge is 2.34. The van der Waals surface area contributed by atoms with Crippen LogP contribution < -0.4 is 0 Å². The van der Waals surface area contributed by atoms with Gasteiger partial charge in [0.05, 0.1) is 12.6 Å². The van der Waals surface area contributed by atoms with E-state index in [1.807, 2.05) is 41.5 Å². The number of ether oxygens (including phenoxy) is 1. The third kappa shape index (κ3) is 5.55. The van der Waals surface area contributed by atoms with Gasteiger partial charge in [-0.3, -0.25) is 4.90 Å². The normalized spacial score (nSPS) is 18.1. The lowest BCUT2D eigenvalue weighted by molar-refractivity contribution is 0.00159. The number of nitrogens with zero attached hydrogens (tertiary/aromatic N) is 3. The molecular weight excluding hydrogens is 266 g/mol. The van der Waals surface area contributed by atoms with E-state index in [2.05, 4.69) is 11.0 Å².